The van der Waals surface area contributed by atoms with Crippen molar-refractivity contribution >= 4 is 25.4 Å². The highest BCUT2D eigenvalue weighted by molar-refractivity contribution is 7.51. The Balaban J connectivity index is 0.000000227. The van der Waals surface area contributed by atoms with E-state index in [2.05, 4.69) is 260 Å². The highest BCUT2D eigenvalue weighted by Gasteiger charge is 2.28. The fourth-order valence-corrected chi connectivity index (χ4v) is 15.1. The lowest BCUT2D eigenvalue weighted by Gasteiger charge is -2.23. The molecular weight excluding hydrogens is 1840 g/mol. The smallest absolute Gasteiger partial charge is 0.352 e. The number of amides is 2. The second-order valence-electron chi connectivity index (χ2n) is 38.7. The Morgan fingerprint density at radius 3 is 1.27 bits per heavy atom. The lowest BCUT2D eigenvalue weighted by Crippen LogP contribution is -2.43. The van der Waals surface area contributed by atoms with E-state index in [0.717, 1.165) is 74.2 Å². The molecule has 776 valence electrons. The first-order chi connectivity index (χ1) is 67.5. The van der Waals surface area contributed by atoms with Crippen LogP contribution in [0, 0.1) is 5.82 Å². The van der Waals surface area contributed by atoms with Crippen LogP contribution in [0.15, 0.2) is 187 Å². The van der Waals surface area contributed by atoms with E-state index < -0.39 is 55.7 Å². The number of halogens is 1. The van der Waals surface area contributed by atoms with E-state index in [1.54, 1.807) is 98.5 Å². The Morgan fingerprint density at radius 2 is 0.860 bits per heavy atom. The molecule has 143 heavy (non-hydrogen) atoms. The van der Waals surface area contributed by atoms with E-state index in [1.807, 2.05) is 107 Å². The molecule has 10 aromatic heterocycles. The number of aromatic nitrogens is 22. The molecule has 10 heterocycles. The Hall–Kier alpha value is -12.6. The number of benzene rings is 3. The van der Waals surface area contributed by atoms with Crippen LogP contribution in [0.1, 0.15) is 346 Å². The van der Waals surface area contributed by atoms with Crippen molar-refractivity contribution in [1.29, 1.82) is 0 Å². The summed E-state index contributed by atoms with van der Waals surface area (Å²) in [5.74, 6) is 4.64. The van der Waals surface area contributed by atoms with Crippen LogP contribution in [0.2, 0.25) is 0 Å². The SMILES string of the molecule is CC(C)c1ccc(-n2cc(C(C)C)nn2)cc1.CC(C)c1ccc(-n2cc(C(C)C)nn2)nc1.CC(C)c1ccc(-n2cc(C(C)OP(C)(=O)O)nn2)cc1.CC[C@@H]([C@@H](C)O)n1cc(-c2ccc(C(C)C)cc2)nn1.CC[C@@H]([C@@H](C)O)n1ncn(-c2ncc(C(C)C)cc2F)c1=O.CC[C@@H]([C@H](C)OC(=O)CN(C)C)n1ncn(-c2ccc(C(C)C)cn2)c1=O.CC[C@H](NC(=O)Nc1ccc(C(C)C)cn1)[C@@H](C)O. The van der Waals surface area contributed by atoms with E-state index in [4.69, 9.17) is 9.26 Å². The van der Waals surface area contributed by atoms with Gasteiger partial charge in [-0.25, -0.2) is 75.9 Å². The second-order valence-corrected chi connectivity index (χ2v) is 40.5. The molecule has 0 aliphatic heterocycles. The molecule has 0 spiro atoms. The van der Waals surface area contributed by atoms with E-state index in [-0.39, 0.29) is 54.1 Å². The zero-order valence-electron chi connectivity index (χ0n) is 88.9. The first-order valence-electron chi connectivity index (χ1n) is 49.3. The van der Waals surface area contributed by atoms with Crippen LogP contribution in [-0.4, -0.2) is 203 Å². The summed E-state index contributed by atoms with van der Waals surface area (Å²) in [5, 5.41) is 75.4. The fraction of sp³-hybridized carbons (Fsp3) is 0.505. The van der Waals surface area contributed by atoms with Gasteiger partial charge in [0.25, 0.3) is 0 Å². The lowest BCUT2D eigenvalue weighted by atomic mass is 10.0. The molecule has 0 fully saturated rings. The molecule has 38 heteroatoms. The first kappa shape index (κ1) is 117. The Labute approximate surface area is 841 Å². The minimum absolute atomic E-state index is 0.0220. The zero-order chi connectivity index (χ0) is 106. The van der Waals surface area contributed by atoms with Crippen molar-refractivity contribution in [3.8, 4) is 40.1 Å². The number of nitrogens with one attached hydrogen (secondary N) is 2. The van der Waals surface area contributed by atoms with Gasteiger partial charge in [0.2, 0.25) is 0 Å². The summed E-state index contributed by atoms with van der Waals surface area (Å²) in [7, 11) is 0.0525. The summed E-state index contributed by atoms with van der Waals surface area (Å²) in [6.45, 7) is 55.6. The predicted molar refractivity (Wildman–Crippen MR) is 558 cm³/mol. The number of urea groups is 1. The normalized spacial score (nSPS) is 13.7. The van der Waals surface area contributed by atoms with Crippen LogP contribution in [0.4, 0.5) is 15.0 Å². The number of esters is 1. The van der Waals surface area contributed by atoms with Crippen molar-refractivity contribution in [2.24, 2.45) is 0 Å². The standard InChI is InChI=1S/C19H29N5O3.C16H23N3O.C15H21FN4O2.C14H20N3O3P.C14H23N3O2.C14H19N3.C13H18N4/c1-7-16(14(4)27-18(25)11-22(5)6)24-19(26)23(12-21-24)17-9-8-15(10-20-17)13(2)3;1-5-16(12(4)20)19-10-15(17-18-19)14-8-6-13(7-9-14)11(2)3;1-5-13(10(4)21)20-15(22)19(8-18-20)14-12(16)6-11(7-17-14)9(2)3;1-10(2)12-5-7-13(8-6-12)17-9-14(15-16-17)11(3)20-21(4,18)19;1-5-12(10(4)18)16-14(19)17-13-7-6-11(8-15-13)9(2)3;1-10(2)12-5-7-13(8-6-12)17-9-14(11(3)4)15-16-17;1-9(2)11-5-6-13(14-7-11)17-8-12(10(3)4)15-16-17/h8-10,12-14,16H,7,11H2,1-6H3;6-12,16,20H,5H2,1-4H3;6-10,13,21H,5H2,1-4H3;5-11H,1-4H3,(H,18,19);6-10,12,18H,5H2,1-4H3,(H2,15,16,17,19);5-11H,1-4H3;5-10H,1-4H3/t14-,16-;12-,16+;10-,13+;;10-,12+;;/m011.1../s1. The van der Waals surface area contributed by atoms with Gasteiger partial charge in [-0.3, -0.25) is 24.1 Å². The summed E-state index contributed by atoms with van der Waals surface area (Å²) in [4.78, 5) is 76.9. The number of rotatable bonds is 34. The van der Waals surface area contributed by atoms with Crippen LogP contribution in [0.5, 0.6) is 0 Å². The van der Waals surface area contributed by atoms with Crippen molar-refractivity contribution in [2.75, 3.05) is 32.6 Å². The number of hydrogen-bond acceptors (Lipinski definition) is 25. The number of anilines is 1. The van der Waals surface area contributed by atoms with Crippen LogP contribution in [0.3, 0.4) is 0 Å². The second kappa shape index (κ2) is 55.8. The van der Waals surface area contributed by atoms with Gasteiger partial charge in [0.05, 0.1) is 96.6 Å². The third kappa shape index (κ3) is 35.4. The number of ether oxygens (including phenoxy) is 1. The van der Waals surface area contributed by atoms with E-state index in [9.17, 15) is 48.3 Å². The molecule has 0 aliphatic rings. The third-order valence-corrected chi connectivity index (χ3v) is 24.4. The molecule has 2 unspecified atom stereocenters. The van der Waals surface area contributed by atoms with Crippen molar-refractivity contribution < 1.29 is 48.0 Å². The van der Waals surface area contributed by atoms with Crippen LogP contribution < -0.4 is 22.0 Å². The predicted octanol–water partition coefficient (Wildman–Crippen LogP) is 19.6. The summed E-state index contributed by atoms with van der Waals surface area (Å²) >= 11 is 0. The molecule has 36 nitrogen and oxygen atoms in total. The van der Waals surface area contributed by atoms with Gasteiger partial charge in [-0.2, -0.15) is 10.2 Å². The summed E-state index contributed by atoms with van der Waals surface area (Å²) in [5.41, 5.74) is 13.7. The number of aliphatic hydroxyl groups is 3. The third-order valence-electron chi connectivity index (χ3n) is 23.7. The van der Waals surface area contributed by atoms with Crippen LogP contribution in [-0.2, 0) is 18.6 Å². The highest BCUT2D eigenvalue weighted by Crippen LogP contribution is 2.42. The van der Waals surface area contributed by atoms with Crippen molar-refractivity contribution in [3.05, 3.63) is 260 Å². The molecule has 13 rings (SSSR count). The highest BCUT2D eigenvalue weighted by atomic mass is 31.2. The van der Waals surface area contributed by atoms with Crippen LogP contribution >= 0.6 is 7.60 Å². The van der Waals surface area contributed by atoms with Crippen molar-refractivity contribution in [1.82, 2.24) is 119 Å². The molecule has 10 atom stereocenters. The number of nitrogens with zero attached hydrogens (tertiary/aromatic N) is 23. The van der Waals surface area contributed by atoms with Gasteiger partial charge in [-0.05, 0) is 215 Å². The number of hydrogen-bond donors (Lipinski definition) is 6. The van der Waals surface area contributed by atoms with Gasteiger partial charge in [-0.1, -0.05) is 240 Å². The van der Waals surface area contributed by atoms with Gasteiger partial charge in [0.1, 0.15) is 47.9 Å². The van der Waals surface area contributed by atoms with Gasteiger partial charge in [-0.15, -0.1) is 20.4 Å². The molecule has 0 bridgehead atoms. The van der Waals surface area contributed by atoms with Crippen LogP contribution in [0.25, 0.3) is 40.1 Å². The maximum Gasteiger partial charge on any atom is 0.352 e. The minimum Gasteiger partial charge on any atom is -0.459 e. The molecule has 0 radical (unpaired) electrons. The topological polar surface area (TPSA) is 432 Å². The number of carbonyl (C=O) groups excluding carboxylic acids is 2. The fourth-order valence-electron chi connectivity index (χ4n) is 14.4. The quantitative estimate of drug-likeness (QED) is 0.0161. The zero-order valence-corrected chi connectivity index (χ0v) is 89.8. The van der Waals surface area contributed by atoms with Gasteiger partial charge in [0, 0.05) is 37.0 Å². The minimum atomic E-state index is -3.54. The van der Waals surface area contributed by atoms with E-state index in [0.29, 0.717) is 83.9 Å². The first-order valence-corrected chi connectivity index (χ1v) is 51.3. The molecule has 13 aromatic rings. The van der Waals surface area contributed by atoms with Gasteiger partial charge >= 0.3 is 31.0 Å². The largest absolute Gasteiger partial charge is 0.459 e. The van der Waals surface area contributed by atoms with Gasteiger partial charge in [0.15, 0.2) is 17.5 Å². The number of likely N-dealkylation sites (N-methyl/N-ethyl adjacent to an activating group) is 1. The molecule has 0 saturated carbocycles. The molecule has 0 saturated heterocycles. The average molecular weight is 1990 g/mol. The van der Waals surface area contributed by atoms with Crippen molar-refractivity contribution in [3.63, 3.8) is 0 Å². The molecule has 6 N–H and O–H groups in total. The monoisotopic (exact) mass is 1990 g/mol. The Kier molecular flexibility index (Phi) is 45.8. The Morgan fingerprint density at radius 1 is 0.448 bits per heavy atom. The maximum atomic E-state index is 14.2. The molecular formula is C105H153FN25O11P. The molecule has 2 amide bonds. The van der Waals surface area contributed by atoms with E-state index in [1.165, 1.54) is 54.9 Å². The summed E-state index contributed by atoms with van der Waals surface area (Å²) < 4.78 is 47.9. The summed E-state index contributed by atoms with van der Waals surface area (Å²) in [6, 6.07) is 36.4. The summed E-state index contributed by atoms with van der Waals surface area (Å²) in [6.07, 6.45) is 17.0. The number of aliphatic hydroxyl groups excluding tert-OH is 3. The molecule has 3 aromatic carbocycles. The molecule has 0 aliphatic carbocycles. The van der Waals surface area contributed by atoms with Crippen molar-refractivity contribution in [2.45, 2.75) is 321 Å². The number of pyridine rings is 4. The van der Waals surface area contributed by atoms with Gasteiger partial charge < -0.3 is 30.3 Å². The average Bonchev–Trinajstić information content (AvgIpc) is 1.64. The van der Waals surface area contributed by atoms with E-state index >= 15 is 0 Å². The number of carbonyl (C=O) groups is 2. The lowest BCUT2D eigenvalue weighted by molar-refractivity contribution is -0.151. The maximum absolute atomic E-state index is 14.2. The Bertz CT molecular complexity index is 6060.